The summed E-state index contributed by atoms with van der Waals surface area (Å²) in [6.45, 7) is 0. The molecular formula is C6H6N4O. The number of anilines is 2. The number of nitrogens with zero attached hydrogens (tertiary/aromatic N) is 2. The Hall–Kier alpha value is -1.78. The minimum atomic E-state index is 0.130. The van der Waals surface area contributed by atoms with E-state index in [1.807, 2.05) is 0 Å². The van der Waals surface area contributed by atoms with E-state index in [2.05, 4.69) is 9.97 Å². The Bertz CT molecular complexity index is 394. The molecule has 5 nitrogen and oxygen atoms in total. The molecule has 2 rings (SSSR count). The summed E-state index contributed by atoms with van der Waals surface area (Å²) >= 11 is 0. The van der Waals surface area contributed by atoms with Crippen molar-refractivity contribution in [2.75, 3.05) is 11.5 Å². The number of hydrogen-bond donors (Lipinski definition) is 2. The van der Waals surface area contributed by atoms with Gasteiger partial charge >= 0.3 is 0 Å². The van der Waals surface area contributed by atoms with Crippen LogP contribution in [0.5, 0.6) is 0 Å². The third-order valence-electron chi connectivity index (χ3n) is 1.37. The van der Waals surface area contributed by atoms with Crippen LogP contribution in [0.25, 0.3) is 11.1 Å². The molecule has 2 aromatic rings. The van der Waals surface area contributed by atoms with Crippen LogP contribution in [0.15, 0.2) is 16.7 Å². The second kappa shape index (κ2) is 1.85. The average Bonchev–Trinajstić information content (AvgIpc) is 2.34. The lowest BCUT2D eigenvalue weighted by Crippen LogP contribution is -1.98. The lowest BCUT2D eigenvalue weighted by molar-refractivity contribution is 0.603. The summed E-state index contributed by atoms with van der Waals surface area (Å²) in [7, 11) is 0. The zero-order chi connectivity index (χ0) is 7.84. The van der Waals surface area contributed by atoms with Crippen LogP contribution in [0, 0.1) is 0 Å². The molecule has 0 saturated heterocycles. The van der Waals surface area contributed by atoms with Gasteiger partial charge in [-0.3, -0.25) is 0 Å². The fraction of sp³-hybridized carbons (Fsp3) is 0. The Labute approximate surface area is 62.0 Å². The molecular weight excluding hydrogens is 144 g/mol. The van der Waals surface area contributed by atoms with Gasteiger partial charge in [0.2, 0.25) is 11.7 Å². The molecule has 0 bridgehead atoms. The maximum absolute atomic E-state index is 5.51. The Kier molecular flexibility index (Phi) is 1.00. The van der Waals surface area contributed by atoms with Gasteiger partial charge in [0.05, 0.1) is 11.6 Å². The molecule has 0 amide bonds. The quantitative estimate of drug-likeness (QED) is 0.566. The molecule has 2 aromatic heterocycles. The van der Waals surface area contributed by atoms with Gasteiger partial charge in [-0.25, -0.2) is 0 Å². The van der Waals surface area contributed by atoms with Gasteiger partial charge in [0, 0.05) is 0 Å². The monoisotopic (exact) mass is 150 g/mol. The Morgan fingerprint density at radius 2 is 2.09 bits per heavy atom. The maximum Gasteiger partial charge on any atom is 0.232 e. The number of fused-ring (bicyclic) bond motifs is 1. The van der Waals surface area contributed by atoms with Crippen LogP contribution < -0.4 is 11.5 Å². The molecule has 0 radical (unpaired) electrons. The van der Waals surface area contributed by atoms with Crippen molar-refractivity contribution in [3.05, 3.63) is 12.3 Å². The summed E-state index contributed by atoms with van der Waals surface area (Å²) in [5.41, 5.74) is 11.3. The van der Waals surface area contributed by atoms with Gasteiger partial charge in [0.25, 0.3) is 0 Å². The van der Waals surface area contributed by atoms with Crippen molar-refractivity contribution in [2.24, 2.45) is 0 Å². The normalized spacial score (nSPS) is 10.5. The highest BCUT2D eigenvalue weighted by atomic mass is 16.3. The Morgan fingerprint density at radius 1 is 1.27 bits per heavy atom. The van der Waals surface area contributed by atoms with Gasteiger partial charge in [-0.2, -0.15) is 9.97 Å². The summed E-state index contributed by atoms with van der Waals surface area (Å²) in [6, 6.07) is 1.70. The van der Waals surface area contributed by atoms with Crippen LogP contribution in [0.2, 0.25) is 0 Å². The third kappa shape index (κ3) is 0.778. The standard InChI is InChI=1S/C6H6N4O/c7-4-3-1-2-11-5(3)10-6(8)9-4/h1-2H,(H4,7,8,9,10). The summed E-state index contributed by atoms with van der Waals surface area (Å²) in [6.07, 6.45) is 1.50. The van der Waals surface area contributed by atoms with Crippen LogP contribution in [0.4, 0.5) is 11.8 Å². The van der Waals surface area contributed by atoms with Crippen LogP contribution in [0.1, 0.15) is 0 Å². The highest BCUT2D eigenvalue weighted by Crippen LogP contribution is 2.18. The Balaban J connectivity index is 2.91. The fourth-order valence-corrected chi connectivity index (χ4v) is 0.895. The summed E-state index contributed by atoms with van der Waals surface area (Å²) < 4.78 is 4.97. The highest BCUT2D eigenvalue weighted by molar-refractivity contribution is 5.84. The van der Waals surface area contributed by atoms with Crippen molar-refractivity contribution in [1.29, 1.82) is 0 Å². The van der Waals surface area contributed by atoms with E-state index in [4.69, 9.17) is 15.9 Å². The number of hydrogen-bond acceptors (Lipinski definition) is 5. The zero-order valence-corrected chi connectivity index (χ0v) is 5.61. The molecule has 0 aliphatic heterocycles. The number of nitrogen functional groups attached to an aromatic ring is 2. The first-order valence-electron chi connectivity index (χ1n) is 3.03. The molecule has 0 spiro atoms. The van der Waals surface area contributed by atoms with E-state index in [0.29, 0.717) is 16.9 Å². The SMILES string of the molecule is Nc1nc(N)c2ccoc2n1. The van der Waals surface area contributed by atoms with Crippen LogP contribution in [0.3, 0.4) is 0 Å². The number of furan rings is 1. The van der Waals surface area contributed by atoms with Gasteiger partial charge in [-0.15, -0.1) is 0 Å². The van der Waals surface area contributed by atoms with Crippen molar-refractivity contribution in [3.8, 4) is 0 Å². The van der Waals surface area contributed by atoms with Gasteiger partial charge in [0.1, 0.15) is 5.82 Å². The summed E-state index contributed by atoms with van der Waals surface area (Å²) in [5, 5.41) is 0.694. The van der Waals surface area contributed by atoms with E-state index in [1.54, 1.807) is 6.07 Å². The van der Waals surface area contributed by atoms with Gasteiger partial charge < -0.3 is 15.9 Å². The third-order valence-corrected chi connectivity index (χ3v) is 1.37. The van der Waals surface area contributed by atoms with Gasteiger partial charge in [-0.05, 0) is 6.07 Å². The van der Waals surface area contributed by atoms with E-state index in [0.717, 1.165) is 0 Å². The van der Waals surface area contributed by atoms with Crippen molar-refractivity contribution in [2.45, 2.75) is 0 Å². The number of rotatable bonds is 0. The summed E-state index contributed by atoms with van der Waals surface area (Å²) in [4.78, 5) is 7.57. The first kappa shape index (κ1) is 5.96. The molecule has 0 aliphatic carbocycles. The molecule has 0 fully saturated rings. The molecule has 56 valence electrons. The van der Waals surface area contributed by atoms with Crippen molar-refractivity contribution in [1.82, 2.24) is 9.97 Å². The largest absolute Gasteiger partial charge is 0.446 e. The summed E-state index contributed by atoms with van der Waals surface area (Å²) in [5.74, 6) is 0.478. The smallest absolute Gasteiger partial charge is 0.232 e. The van der Waals surface area contributed by atoms with Crippen LogP contribution in [-0.2, 0) is 0 Å². The van der Waals surface area contributed by atoms with Gasteiger partial charge in [-0.1, -0.05) is 0 Å². The molecule has 0 atom stereocenters. The minimum absolute atomic E-state index is 0.130. The number of nitrogens with two attached hydrogens (primary N) is 2. The van der Waals surface area contributed by atoms with E-state index >= 15 is 0 Å². The fourth-order valence-electron chi connectivity index (χ4n) is 0.895. The lowest BCUT2D eigenvalue weighted by atomic mass is 10.4. The zero-order valence-electron chi connectivity index (χ0n) is 5.61. The van der Waals surface area contributed by atoms with E-state index < -0.39 is 0 Å². The predicted octanol–water partition coefficient (Wildman–Crippen LogP) is 0.387. The second-order valence-electron chi connectivity index (χ2n) is 2.11. The molecule has 2 heterocycles. The minimum Gasteiger partial charge on any atom is -0.446 e. The maximum atomic E-state index is 5.51. The van der Waals surface area contributed by atoms with Crippen molar-refractivity contribution in [3.63, 3.8) is 0 Å². The topological polar surface area (TPSA) is 91.0 Å². The molecule has 0 unspecified atom stereocenters. The van der Waals surface area contributed by atoms with E-state index in [1.165, 1.54) is 6.26 Å². The molecule has 5 heteroatoms. The van der Waals surface area contributed by atoms with E-state index in [9.17, 15) is 0 Å². The molecule has 0 aliphatic rings. The molecule has 4 N–H and O–H groups in total. The van der Waals surface area contributed by atoms with Crippen LogP contribution in [-0.4, -0.2) is 9.97 Å². The van der Waals surface area contributed by atoms with Crippen molar-refractivity contribution >= 4 is 22.9 Å². The average molecular weight is 150 g/mol. The highest BCUT2D eigenvalue weighted by Gasteiger charge is 2.03. The molecule has 0 saturated carbocycles. The van der Waals surface area contributed by atoms with Gasteiger partial charge in [0.15, 0.2) is 0 Å². The molecule has 11 heavy (non-hydrogen) atoms. The Morgan fingerprint density at radius 3 is 2.91 bits per heavy atom. The second-order valence-corrected chi connectivity index (χ2v) is 2.11. The predicted molar refractivity (Wildman–Crippen MR) is 40.6 cm³/mol. The lowest BCUT2D eigenvalue weighted by Gasteiger charge is -1.94. The van der Waals surface area contributed by atoms with Crippen LogP contribution >= 0.6 is 0 Å². The molecule has 0 aromatic carbocycles. The first-order valence-corrected chi connectivity index (χ1v) is 3.03. The van der Waals surface area contributed by atoms with E-state index in [-0.39, 0.29) is 5.95 Å². The number of aromatic nitrogens is 2. The van der Waals surface area contributed by atoms with Crippen molar-refractivity contribution < 1.29 is 4.42 Å². The first-order chi connectivity index (χ1) is 5.27.